The number of likely N-dealkylation sites (N-methyl/N-ethyl adjacent to an activating group) is 1. The van der Waals surface area contributed by atoms with Crippen molar-refractivity contribution in [1.82, 2.24) is 4.90 Å². The molecule has 2 rings (SSSR count). The maximum absolute atomic E-state index is 12.2. The number of hydrogen-bond donors (Lipinski definition) is 0. The van der Waals surface area contributed by atoms with Gasteiger partial charge in [-0.05, 0) is 47.2 Å². The van der Waals surface area contributed by atoms with Crippen LogP contribution in [0, 0.1) is 3.57 Å². The van der Waals surface area contributed by atoms with E-state index in [4.69, 9.17) is 4.74 Å². The summed E-state index contributed by atoms with van der Waals surface area (Å²) in [5, 5.41) is 0. The summed E-state index contributed by atoms with van der Waals surface area (Å²) >= 11 is 2.07. The molecule has 0 fully saturated rings. The van der Waals surface area contributed by atoms with E-state index in [9.17, 15) is 9.59 Å². The Morgan fingerprint density at radius 1 is 1.04 bits per heavy atom. The molecule has 2 aromatic carbocycles. The van der Waals surface area contributed by atoms with Gasteiger partial charge in [0.1, 0.15) is 0 Å². The second-order valence-corrected chi connectivity index (χ2v) is 6.11. The number of carbonyl (C=O) groups excluding carboxylic acids is 2. The van der Waals surface area contributed by atoms with Crippen molar-refractivity contribution < 1.29 is 14.3 Å². The second kappa shape index (κ2) is 8.67. The predicted octanol–water partition coefficient (Wildman–Crippen LogP) is 3.50. The molecule has 0 aliphatic rings. The molecule has 0 spiro atoms. The van der Waals surface area contributed by atoms with Crippen LogP contribution in [-0.4, -0.2) is 29.9 Å². The van der Waals surface area contributed by atoms with Crippen LogP contribution in [0.25, 0.3) is 0 Å². The molecule has 0 atom stereocenters. The average Bonchev–Trinajstić information content (AvgIpc) is 2.58. The Hall–Kier alpha value is -1.89. The van der Waals surface area contributed by atoms with Crippen LogP contribution in [0.2, 0.25) is 0 Å². The van der Waals surface area contributed by atoms with Crippen molar-refractivity contribution in [2.45, 2.75) is 13.5 Å². The first-order valence-corrected chi connectivity index (χ1v) is 8.43. The molecule has 5 heteroatoms. The third kappa shape index (κ3) is 5.06. The smallest absolute Gasteiger partial charge is 0.339 e. The van der Waals surface area contributed by atoms with Gasteiger partial charge in [0, 0.05) is 16.7 Å². The summed E-state index contributed by atoms with van der Waals surface area (Å²) in [6.45, 7) is 2.73. The van der Waals surface area contributed by atoms with E-state index in [0.29, 0.717) is 18.7 Å². The molecular formula is C18H18INO3. The number of rotatable bonds is 6. The van der Waals surface area contributed by atoms with Gasteiger partial charge in [-0.25, -0.2) is 4.79 Å². The lowest BCUT2D eigenvalue weighted by molar-refractivity contribution is -0.134. The highest BCUT2D eigenvalue weighted by Gasteiger charge is 2.16. The summed E-state index contributed by atoms with van der Waals surface area (Å²) in [6.07, 6.45) is 0. The van der Waals surface area contributed by atoms with E-state index in [-0.39, 0.29) is 12.5 Å². The summed E-state index contributed by atoms with van der Waals surface area (Å²) in [5.74, 6) is -0.672. The summed E-state index contributed by atoms with van der Waals surface area (Å²) in [6, 6.07) is 16.9. The van der Waals surface area contributed by atoms with Gasteiger partial charge in [-0.1, -0.05) is 42.5 Å². The van der Waals surface area contributed by atoms with E-state index in [1.165, 1.54) is 0 Å². The molecule has 0 unspecified atom stereocenters. The first-order valence-electron chi connectivity index (χ1n) is 7.35. The Morgan fingerprint density at radius 3 is 2.35 bits per heavy atom. The van der Waals surface area contributed by atoms with Gasteiger partial charge in [0.25, 0.3) is 5.91 Å². The maximum atomic E-state index is 12.2. The fraction of sp³-hybridized carbons (Fsp3) is 0.222. The van der Waals surface area contributed by atoms with Crippen LogP contribution in [-0.2, 0) is 16.1 Å². The maximum Gasteiger partial charge on any atom is 0.339 e. The highest BCUT2D eigenvalue weighted by Crippen LogP contribution is 2.13. The van der Waals surface area contributed by atoms with E-state index in [0.717, 1.165) is 9.13 Å². The van der Waals surface area contributed by atoms with E-state index < -0.39 is 5.97 Å². The molecule has 4 nitrogen and oxygen atoms in total. The largest absolute Gasteiger partial charge is 0.452 e. The van der Waals surface area contributed by atoms with E-state index in [1.54, 1.807) is 17.0 Å². The van der Waals surface area contributed by atoms with Gasteiger partial charge in [0.2, 0.25) is 0 Å². The molecule has 0 aliphatic heterocycles. The Balaban J connectivity index is 1.92. The Kier molecular flexibility index (Phi) is 6.58. The van der Waals surface area contributed by atoms with Crippen molar-refractivity contribution >= 4 is 34.5 Å². The summed E-state index contributed by atoms with van der Waals surface area (Å²) in [4.78, 5) is 26.0. The SMILES string of the molecule is CCN(Cc1ccccc1)C(=O)COC(=O)c1ccccc1I. The quantitative estimate of drug-likeness (QED) is 0.528. The normalized spacial score (nSPS) is 10.2. The molecule has 0 saturated carbocycles. The van der Waals surface area contributed by atoms with Crippen LogP contribution < -0.4 is 0 Å². The zero-order chi connectivity index (χ0) is 16.7. The van der Waals surface area contributed by atoms with Crippen LogP contribution in [0.3, 0.4) is 0 Å². The Bertz CT molecular complexity index is 673. The first kappa shape index (κ1) is 17.5. The van der Waals surface area contributed by atoms with E-state index in [1.807, 2.05) is 49.4 Å². The number of ether oxygens (including phenoxy) is 1. The third-order valence-electron chi connectivity index (χ3n) is 3.37. The zero-order valence-electron chi connectivity index (χ0n) is 12.9. The topological polar surface area (TPSA) is 46.6 Å². The summed E-state index contributed by atoms with van der Waals surface area (Å²) < 4.78 is 5.96. The van der Waals surface area contributed by atoms with E-state index in [2.05, 4.69) is 22.6 Å². The zero-order valence-corrected chi connectivity index (χ0v) is 15.0. The Morgan fingerprint density at radius 2 is 1.70 bits per heavy atom. The fourth-order valence-electron chi connectivity index (χ4n) is 2.10. The number of amides is 1. The van der Waals surface area contributed by atoms with E-state index >= 15 is 0 Å². The van der Waals surface area contributed by atoms with Crippen molar-refractivity contribution in [3.8, 4) is 0 Å². The van der Waals surface area contributed by atoms with Crippen LogP contribution in [0.4, 0.5) is 0 Å². The highest BCUT2D eigenvalue weighted by atomic mass is 127. The van der Waals surface area contributed by atoms with Gasteiger partial charge in [0.05, 0.1) is 5.56 Å². The van der Waals surface area contributed by atoms with Crippen molar-refractivity contribution in [3.05, 3.63) is 69.3 Å². The fourth-order valence-corrected chi connectivity index (χ4v) is 2.71. The van der Waals surface area contributed by atoms with Crippen LogP contribution in [0.5, 0.6) is 0 Å². The molecule has 0 radical (unpaired) electrons. The van der Waals surface area contributed by atoms with Crippen LogP contribution in [0.1, 0.15) is 22.8 Å². The van der Waals surface area contributed by atoms with Gasteiger partial charge in [0.15, 0.2) is 6.61 Å². The molecule has 0 saturated heterocycles. The number of benzene rings is 2. The molecule has 1 amide bonds. The number of hydrogen-bond acceptors (Lipinski definition) is 3. The lowest BCUT2D eigenvalue weighted by atomic mass is 10.2. The molecule has 2 aromatic rings. The summed E-state index contributed by atoms with van der Waals surface area (Å²) in [7, 11) is 0. The van der Waals surface area contributed by atoms with Crippen molar-refractivity contribution in [3.63, 3.8) is 0 Å². The molecule has 23 heavy (non-hydrogen) atoms. The number of nitrogens with zero attached hydrogens (tertiary/aromatic N) is 1. The van der Waals surface area contributed by atoms with Gasteiger partial charge in [-0.2, -0.15) is 0 Å². The molecule has 0 aromatic heterocycles. The molecule has 0 bridgehead atoms. The minimum Gasteiger partial charge on any atom is -0.452 e. The van der Waals surface area contributed by atoms with Crippen molar-refractivity contribution in [1.29, 1.82) is 0 Å². The minimum atomic E-state index is -0.473. The molecule has 0 N–H and O–H groups in total. The number of carbonyl (C=O) groups is 2. The van der Waals surface area contributed by atoms with Gasteiger partial charge >= 0.3 is 5.97 Å². The van der Waals surface area contributed by atoms with Gasteiger partial charge < -0.3 is 9.64 Å². The standard InChI is InChI=1S/C18H18INO3/c1-2-20(12-14-8-4-3-5-9-14)17(21)13-23-18(22)15-10-6-7-11-16(15)19/h3-11H,2,12-13H2,1H3. The second-order valence-electron chi connectivity index (χ2n) is 4.95. The lowest BCUT2D eigenvalue weighted by Crippen LogP contribution is -2.34. The first-order chi connectivity index (χ1) is 11.1. The molecular weight excluding hydrogens is 405 g/mol. The predicted molar refractivity (Wildman–Crippen MR) is 97.0 cm³/mol. The van der Waals surface area contributed by atoms with Gasteiger partial charge in [-0.3, -0.25) is 4.79 Å². The molecule has 0 heterocycles. The Labute approximate surface area is 149 Å². The monoisotopic (exact) mass is 423 g/mol. The minimum absolute atomic E-state index is 0.198. The van der Waals surface area contributed by atoms with Crippen LogP contribution >= 0.6 is 22.6 Å². The highest BCUT2D eigenvalue weighted by molar-refractivity contribution is 14.1. The van der Waals surface area contributed by atoms with Crippen molar-refractivity contribution in [2.24, 2.45) is 0 Å². The van der Waals surface area contributed by atoms with Crippen LogP contribution in [0.15, 0.2) is 54.6 Å². The van der Waals surface area contributed by atoms with Gasteiger partial charge in [-0.15, -0.1) is 0 Å². The molecule has 0 aliphatic carbocycles. The third-order valence-corrected chi connectivity index (χ3v) is 4.31. The number of halogens is 1. The average molecular weight is 423 g/mol. The number of esters is 1. The molecule has 120 valence electrons. The lowest BCUT2D eigenvalue weighted by Gasteiger charge is -2.21. The van der Waals surface area contributed by atoms with Crippen molar-refractivity contribution in [2.75, 3.05) is 13.2 Å². The summed E-state index contributed by atoms with van der Waals surface area (Å²) in [5.41, 5.74) is 1.53.